The maximum atomic E-state index is 10.5. The molecule has 0 aromatic rings. The van der Waals surface area contributed by atoms with Crippen LogP contribution in [0.4, 0.5) is 0 Å². The third-order valence-corrected chi connectivity index (χ3v) is 4.46. The van der Waals surface area contributed by atoms with E-state index in [9.17, 15) is 5.11 Å². The summed E-state index contributed by atoms with van der Waals surface area (Å²) >= 11 is 0. The number of fused-ring (bicyclic) bond motifs is 2. The van der Waals surface area contributed by atoms with Gasteiger partial charge in [0.1, 0.15) is 5.76 Å². The van der Waals surface area contributed by atoms with Gasteiger partial charge in [-0.3, -0.25) is 0 Å². The average Bonchev–Trinajstić information content (AvgIpc) is 2.89. The SMILES string of the molecule is OC1=C2CC3(CCC2OC2CC=CC=C12)OCCO3. The fourth-order valence-corrected chi connectivity index (χ4v) is 3.50. The largest absolute Gasteiger partial charge is 0.508 e. The summed E-state index contributed by atoms with van der Waals surface area (Å²) in [5, 5.41) is 10.5. The highest BCUT2D eigenvalue weighted by atomic mass is 16.7. The lowest BCUT2D eigenvalue weighted by Crippen LogP contribution is -2.43. The molecule has 2 fully saturated rings. The van der Waals surface area contributed by atoms with Crippen molar-refractivity contribution in [2.24, 2.45) is 0 Å². The molecule has 4 aliphatic rings. The maximum absolute atomic E-state index is 10.5. The van der Waals surface area contributed by atoms with Gasteiger partial charge in [-0.2, -0.15) is 0 Å². The van der Waals surface area contributed by atoms with E-state index in [2.05, 4.69) is 6.08 Å². The van der Waals surface area contributed by atoms with Crippen LogP contribution in [0.3, 0.4) is 0 Å². The van der Waals surface area contributed by atoms with E-state index >= 15 is 0 Å². The molecule has 1 saturated carbocycles. The van der Waals surface area contributed by atoms with Crippen molar-refractivity contribution in [3.8, 4) is 0 Å². The van der Waals surface area contributed by atoms with Crippen LogP contribution in [-0.4, -0.2) is 36.3 Å². The van der Waals surface area contributed by atoms with Crippen LogP contribution in [0.2, 0.25) is 0 Å². The van der Waals surface area contributed by atoms with Crippen LogP contribution in [-0.2, 0) is 14.2 Å². The van der Waals surface area contributed by atoms with Gasteiger partial charge in [0.2, 0.25) is 0 Å². The number of rotatable bonds is 0. The third-order valence-electron chi connectivity index (χ3n) is 4.46. The molecule has 4 heteroatoms. The molecule has 4 rings (SSSR count). The summed E-state index contributed by atoms with van der Waals surface area (Å²) < 4.78 is 17.6. The lowest BCUT2D eigenvalue weighted by atomic mass is 9.81. The van der Waals surface area contributed by atoms with Crippen molar-refractivity contribution < 1.29 is 19.3 Å². The van der Waals surface area contributed by atoms with E-state index in [0.717, 1.165) is 30.4 Å². The molecule has 1 saturated heterocycles. The van der Waals surface area contributed by atoms with Crippen LogP contribution in [0.1, 0.15) is 25.7 Å². The standard InChI is InChI=1S/C15H18O4/c16-14-10-3-1-2-4-12(10)19-13-5-6-15(9-11(13)14)17-7-8-18-15/h1-3,12-13,16H,4-9H2. The lowest BCUT2D eigenvalue weighted by molar-refractivity contribution is -0.182. The molecule has 0 aromatic carbocycles. The average molecular weight is 262 g/mol. The van der Waals surface area contributed by atoms with Gasteiger partial charge in [0.25, 0.3) is 0 Å². The molecular formula is C15H18O4. The molecule has 0 radical (unpaired) electrons. The Hall–Kier alpha value is -1.10. The molecule has 4 nitrogen and oxygen atoms in total. The van der Waals surface area contributed by atoms with Gasteiger partial charge >= 0.3 is 0 Å². The van der Waals surface area contributed by atoms with E-state index in [0.29, 0.717) is 25.4 Å². The van der Waals surface area contributed by atoms with Crippen molar-refractivity contribution in [3.05, 3.63) is 35.1 Å². The molecule has 1 N–H and O–H groups in total. The van der Waals surface area contributed by atoms with E-state index in [1.807, 2.05) is 12.2 Å². The van der Waals surface area contributed by atoms with Crippen molar-refractivity contribution in [3.63, 3.8) is 0 Å². The smallest absolute Gasteiger partial charge is 0.172 e. The number of hydrogen-bond acceptors (Lipinski definition) is 4. The first-order valence-corrected chi connectivity index (χ1v) is 7.00. The first kappa shape index (κ1) is 11.7. The Labute approximate surface area is 112 Å². The summed E-state index contributed by atoms with van der Waals surface area (Å²) in [6.45, 7) is 1.29. The van der Waals surface area contributed by atoms with Crippen LogP contribution in [0.15, 0.2) is 35.1 Å². The zero-order valence-electron chi connectivity index (χ0n) is 10.8. The van der Waals surface area contributed by atoms with Gasteiger partial charge in [0.05, 0.1) is 25.4 Å². The monoisotopic (exact) mass is 262 g/mol. The highest BCUT2D eigenvalue weighted by Gasteiger charge is 2.47. The quantitative estimate of drug-likeness (QED) is 0.728. The molecule has 2 heterocycles. The second-order valence-electron chi connectivity index (χ2n) is 5.60. The second-order valence-corrected chi connectivity index (χ2v) is 5.60. The van der Waals surface area contributed by atoms with E-state index < -0.39 is 5.79 Å². The van der Waals surface area contributed by atoms with Crippen molar-refractivity contribution >= 4 is 0 Å². The van der Waals surface area contributed by atoms with Gasteiger partial charge in [-0.05, 0) is 12.8 Å². The Morgan fingerprint density at radius 2 is 2.05 bits per heavy atom. The summed E-state index contributed by atoms with van der Waals surface area (Å²) in [4.78, 5) is 0. The minimum atomic E-state index is -0.513. The minimum Gasteiger partial charge on any atom is -0.508 e. The minimum absolute atomic E-state index is 0.0122. The fraction of sp³-hybridized carbons (Fsp3) is 0.600. The number of ether oxygens (including phenoxy) is 3. The molecule has 19 heavy (non-hydrogen) atoms. The van der Waals surface area contributed by atoms with Gasteiger partial charge in [0.15, 0.2) is 5.79 Å². The van der Waals surface area contributed by atoms with Gasteiger partial charge in [-0.15, -0.1) is 0 Å². The number of allylic oxidation sites excluding steroid dienone is 2. The number of hydrogen-bond donors (Lipinski definition) is 1. The predicted molar refractivity (Wildman–Crippen MR) is 68.6 cm³/mol. The molecule has 1 spiro atoms. The Morgan fingerprint density at radius 1 is 1.21 bits per heavy atom. The van der Waals surface area contributed by atoms with Crippen LogP contribution < -0.4 is 0 Å². The van der Waals surface area contributed by atoms with Gasteiger partial charge in [0, 0.05) is 24.0 Å². The van der Waals surface area contributed by atoms with Crippen molar-refractivity contribution in [2.45, 2.75) is 43.7 Å². The highest BCUT2D eigenvalue weighted by molar-refractivity contribution is 5.42. The number of aliphatic hydroxyl groups is 1. The Kier molecular flexibility index (Phi) is 2.59. The zero-order valence-corrected chi connectivity index (χ0v) is 10.8. The van der Waals surface area contributed by atoms with E-state index in [-0.39, 0.29) is 12.2 Å². The molecule has 2 atom stereocenters. The third kappa shape index (κ3) is 1.78. The lowest BCUT2D eigenvalue weighted by Gasteiger charge is -2.42. The van der Waals surface area contributed by atoms with Crippen molar-refractivity contribution in [1.82, 2.24) is 0 Å². The number of aliphatic hydroxyl groups excluding tert-OH is 1. The molecule has 0 amide bonds. The molecular weight excluding hydrogens is 244 g/mol. The summed E-state index contributed by atoms with van der Waals surface area (Å²) in [5.74, 6) is -0.107. The van der Waals surface area contributed by atoms with E-state index in [4.69, 9.17) is 14.2 Å². The maximum Gasteiger partial charge on any atom is 0.172 e. The van der Waals surface area contributed by atoms with Crippen LogP contribution >= 0.6 is 0 Å². The summed E-state index contributed by atoms with van der Waals surface area (Å²) in [5.41, 5.74) is 1.86. The normalized spacial score (nSPS) is 36.1. The molecule has 2 aliphatic carbocycles. The first-order chi connectivity index (χ1) is 9.27. The van der Waals surface area contributed by atoms with Crippen LogP contribution in [0.5, 0.6) is 0 Å². The van der Waals surface area contributed by atoms with Crippen molar-refractivity contribution in [1.29, 1.82) is 0 Å². The molecule has 102 valence electrons. The molecule has 2 aliphatic heterocycles. The molecule has 2 unspecified atom stereocenters. The van der Waals surface area contributed by atoms with Crippen molar-refractivity contribution in [2.75, 3.05) is 13.2 Å². The summed E-state index contributed by atoms with van der Waals surface area (Å²) in [6.07, 6.45) is 9.21. The first-order valence-electron chi connectivity index (χ1n) is 7.00. The van der Waals surface area contributed by atoms with Crippen LogP contribution in [0, 0.1) is 0 Å². The highest BCUT2D eigenvalue weighted by Crippen LogP contribution is 2.45. The predicted octanol–water partition coefficient (Wildman–Crippen LogP) is 2.38. The zero-order chi connectivity index (χ0) is 12.9. The van der Waals surface area contributed by atoms with Gasteiger partial charge < -0.3 is 19.3 Å². The van der Waals surface area contributed by atoms with E-state index in [1.165, 1.54) is 0 Å². The van der Waals surface area contributed by atoms with E-state index in [1.54, 1.807) is 0 Å². The summed E-state index contributed by atoms with van der Waals surface area (Å²) in [7, 11) is 0. The Morgan fingerprint density at radius 3 is 2.89 bits per heavy atom. The molecule has 0 aromatic heterocycles. The fourth-order valence-electron chi connectivity index (χ4n) is 3.50. The van der Waals surface area contributed by atoms with Gasteiger partial charge in [-0.25, -0.2) is 0 Å². The topological polar surface area (TPSA) is 47.9 Å². The Balaban J connectivity index is 1.70. The van der Waals surface area contributed by atoms with Crippen LogP contribution in [0.25, 0.3) is 0 Å². The Bertz CT molecular complexity index is 482. The summed E-state index contributed by atoms with van der Waals surface area (Å²) in [6, 6.07) is 0. The van der Waals surface area contributed by atoms with Gasteiger partial charge in [-0.1, -0.05) is 18.2 Å². The molecule has 0 bridgehead atoms. The second kappa shape index (κ2) is 4.20.